The minimum Gasteiger partial charge on any atom is -0.356 e. The molecule has 1 aromatic carbocycles. The third kappa shape index (κ3) is 5.39. The van der Waals surface area contributed by atoms with Crippen molar-refractivity contribution in [3.63, 3.8) is 0 Å². The van der Waals surface area contributed by atoms with Crippen molar-refractivity contribution in [2.45, 2.75) is 19.8 Å². The Hall–Kier alpha value is -2.37. The van der Waals surface area contributed by atoms with Crippen LogP contribution in [0.1, 0.15) is 16.7 Å². The molecule has 0 amide bonds. The lowest BCUT2D eigenvalue weighted by Crippen LogP contribution is -2.39. The monoisotopic (exact) mass is 317 g/mol. The normalized spacial score (nSPS) is 11.6. The van der Waals surface area contributed by atoms with E-state index < -0.39 is 0 Å². The van der Waals surface area contributed by atoms with Crippen LogP contribution in [-0.2, 0) is 19.9 Å². The van der Waals surface area contributed by atoms with Gasteiger partial charge in [-0.15, -0.1) is 0 Å². The first kappa shape index (κ1) is 17.0. The SMILES string of the molecule is CN=C(NCCc1cnn(C)c1)NCCc1ccc(F)cc1C. The molecule has 0 saturated carbocycles. The minimum absolute atomic E-state index is 0.188. The van der Waals surface area contributed by atoms with E-state index in [0.717, 1.165) is 43.0 Å². The first-order valence-corrected chi connectivity index (χ1v) is 7.75. The third-order valence-corrected chi connectivity index (χ3v) is 3.68. The molecule has 0 fully saturated rings. The van der Waals surface area contributed by atoms with Gasteiger partial charge in [0.1, 0.15) is 5.82 Å². The molecule has 0 atom stereocenters. The topological polar surface area (TPSA) is 54.2 Å². The highest BCUT2D eigenvalue weighted by atomic mass is 19.1. The van der Waals surface area contributed by atoms with Gasteiger partial charge in [0.15, 0.2) is 5.96 Å². The summed E-state index contributed by atoms with van der Waals surface area (Å²) in [6, 6.07) is 4.91. The van der Waals surface area contributed by atoms with E-state index in [1.165, 1.54) is 11.6 Å². The fraction of sp³-hybridized carbons (Fsp3) is 0.412. The lowest BCUT2D eigenvalue weighted by Gasteiger charge is -2.12. The van der Waals surface area contributed by atoms with Crippen LogP contribution in [0.5, 0.6) is 0 Å². The molecule has 0 unspecified atom stereocenters. The Labute approximate surface area is 136 Å². The lowest BCUT2D eigenvalue weighted by molar-refractivity contribution is 0.625. The number of hydrogen-bond acceptors (Lipinski definition) is 2. The average Bonchev–Trinajstić information content (AvgIpc) is 2.93. The Balaban J connectivity index is 1.72. The Morgan fingerprint density at radius 2 is 2.00 bits per heavy atom. The van der Waals surface area contributed by atoms with Gasteiger partial charge < -0.3 is 10.6 Å². The summed E-state index contributed by atoms with van der Waals surface area (Å²) in [5.74, 6) is 0.584. The van der Waals surface area contributed by atoms with Crippen molar-refractivity contribution in [2.75, 3.05) is 20.1 Å². The summed E-state index contributed by atoms with van der Waals surface area (Å²) in [4.78, 5) is 4.21. The number of guanidine groups is 1. The Kier molecular flexibility index (Phi) is 6.14. The number of aliphatic imine (C=N–C) groups is 1. The van der Waals surface area contributed by atoms with E-state index in [0.29, 0.717) is 0 Å². The molecule has 23 heavy (non-hydrogen) atoms. The second-order valence-electron chi connectivity index (χ2n) is 5.52. The smallest absolute Gasteiger partial charge is 0.190 e. The van der Waals surface area contributed by atoms with Gasteiger partial charge >= 0.3 is 0 Å². The van der Waals surface area contributed by atoms with Crippen LogP contribution in [0.2, 0.25) is 0 Å². The highest BCUT2D eigenvalue weighted by molar-refractivity contribution is 5.79. The number of halogens is 1. The number of hydrogen-bond donors (Lipinski definition) is 2. The van der Waals surface area contributed by atoms with Crippen LogP contribution in [0.15, 0.2) is 35.6 Å². The minimum atomic E-state index is -0.188. The first-order chi connectivity index (χ1) is 11.1. The van der Waals surface area contributed by atoms with Gasteiger partial charge in [0, 0.05) is 33.4 Å². The predicted octanol–water partition coefficient (Wildman–Crippen LogP) is 1.82. The zero-order valence-corrected chi connectivity index (χ0v) is 13.9. The summed E-state index contributed by atoms with van der Waals surface area (Å²) < 4.78 is 14.9. The number of nitrogens with zero attached hydrogens (tertiary/aromatic N) is 3. The van der Waals surface area contributed by atoms with Crippen LogP contribution in [0.3, 0.4) is 0 Å². The highest BCUT2D eigenvalue weighted by Gasteiger charge is 2.02. The quantitative estimate of drug-likeness (QED) is 0.631. The van der Waals surface area contributed by atoms with Gasteiger partial charge in [0.2, 0.25) is 0 Å². The van der Waals surface area contributed by atoms with Crippen molar-refractivity contribution in [1.29, 1.82) is 0 Å². The summed E-state index contributed by atoms with van der Waals surface area (Å²) in [7, 11) is 3.66. The van der Waals surface area contributed by atoms with Crippen LogP contribution >= 0.6 is 0 Å². The fourth-order valence-corrected chi connectivity index (χ4v) is 2.40. The first-order valence-electron chi connectivity index (χ1n) is 7.75. The molecule has 0 aliphatic rings. The lowest BCUT2D eigenvalue weighted by atomic mass is 10.1. The molecule has 0 spiro atoms. The van der Waals surface area contributed by atoms with Crippen LogP contribution in [-0.4, -0.2) is 35.9 Å². The second kappa shape index (κ2) is 8.31. The summed E-state index contributed by atoms with van der Waals surface area (Å²) >= 11 is 0. The van der Waals surface area contributed by atoms with E-state index in [9.17, 15) is 4.39 Å². The Bertz CT molecular complexity index is 663. The maximum Gasteiger partial charge on any atom is 0.190 e. The van der Waals surface area contributed by atoms with Crippen molar-refractivity contribution in [2.24, 2.45) is 12.0 Å². The van der Waals surface area contributed by atoms with Gasteiger partial charge in [0.25, 0.3) is 0 Å². The van der Waals surface area contributed by atoms with Gasteiger partial charge in [0.05, 0.1) is 6.20 Å². The number of aryl methyl sites for hydroxylation is 2. The number of rotatable bonds is 6. The molecule has 5 nitrogen and oxygen atoms in total. The molecule has 1 heterocycles. The van der Waals surface area contributed by atoms with Gasteiger partial charge in [-0.2, -0.15) is 5.10 Å². The van der Waals surface area contributed by atoms with Gasteiger partial charge in [-0.05, 0) is 48.6 Å². The molecule has 2 N–H and O–H groups in total. The van der Waals surface area contributed by atoms with Gasteiger partial charge in [-0.3, -0.25) is 9.67 Å². The van der Waals surface area contributed by atoms with E-state index in [2.05, 4.69) is 20.7 Å². The zero-order chi connectivity index (χ0) is 16.7. The van der Waals surface area contributed by atoms with Crippen molar-refractivity contribution in [3.8, 4) is 0 Å². The second-order valence-corrected chi connectivity index (χ2v) is 5.52. The molecule has 0 bridgehead atoms. The van der Waals surface area contributed by atoms with Gasteiger partial charge in [-0.25, -0.2) is 4.39 Å². The molecule has 124 valence electrons. The van der Waals surface area contributed by atoms with Crippen LogP contribution in [0.4, 0.5) is 4.39 Å². The average molecular weight is 317 g/mol. The highest BCUT2D eigenvalue weighted by Crippen LogP contribution is 2.10. The number of benzene rings is 1. The summed E-state index contributed by atoms with van der Waals surface area (Å²) in [6.45, 7) is 3.47. The van der Waals surface area contributed by atoms with Crippen LogP contribution in [0.25, 0.3) is 0 Å². The van der Waals surface area contributed by atoms with Gasteiger partial charge in [-0.1, -0.05) is 6.07 Å². The third-order valence-electron chi connectivity index (χ3n) is 3.68. The maximum absolute atomic E-state index is 13.1. The van der Waals surface area contributed by atoms with E-state index in [4.69, 9.17) is 0 Å². The Morgan fingerprint density at radius 1 is 1.26 bits per heavy atom. The molecule has 2 aromatic rings. The molecular weight excluding hydrogens is 293 g/mol. The molecule has 0 aliphatic heterocycles. The number of nitrogens with one attached hydrogen (secondary N) is 2. The summed E-state index contributed by atoms with van der Waals surface area (Å²) in [6.07, 6.45) is 5.60. The van der Waals surface area contributed by atoms with Crippen LogP contribution < -0.4 is 10.6 Å². The fourth-order valence-electron chi connectivity index (χ4n) is 2.40. The molecule has 0 aliphatic carbocycles. The largest absolute Gasteiger partial charge is 0.356 e. The summed E-state index contributed by atoms with van der Waals surface area (Å²) in [5, 5.41) is 10.7. The zero-order valence-electron chi connectivity index (χ0n) is 13.9. The van der Waals surface area contributed by atoms with Crippen molar-refractivity contribution < 1.29 is 4.39 Å². The maximum atomic E-state index is 13.1. The molecular formula is C17H24FN5. The van der Waals surface area contributed by atoms with Crippen molar-refractivity contribution >= 4 is 5.96 Å². The molecule has 2 rings (SSSR count). The molecule has 0 saturated heterocycles. The van der Waals surface area contributed by atoms with Crippen LogP contribution in [0, 0.1) is 12.7 Å². The van der Waals surface area contributed by atoms with E-state index in [-0.39, 0.29) is 5.82 Å². The molecule has 6 heteroatoms. The molecule has 0 radical (unpaired) electrons. The molecule has 1 aromatic heterocycles. The standard InChI is InChI=1S/C17H24FN5/c1-13-10-16(18)5-4-15(13)7-9-21-17(19-2)20-8-6-14-11-22-23(3)12-14/h4-5,10-12H,6-9H2,1-3H3,(H2,19,20,21). The van der Waals surface area contributed by atoms with Crippen molar-refractivity contribution in [1.82, 2.24) is 20.4 Å². The van der Waals surface area contributed by atoms with E-state index in [1.54, 1.807) is 17.8 Å². The summed E-state index contributed by atoms with van der Waals surface area (Å²) in [5.41, 5.74) is 3.31. The Morgan fingerprint density at radius 3 is 2.61 bits per heavy atom. The van der Waals surface area contributed by atoms with Crippen molar-refractivity contribution in [3.05, 3.63) is 53.1 Å². The van der Waals surface area contributed by atoms with E-state index >= 15 is 0 Å². The number of aromatic nitrogens is 2. The van der Waals surface area contributed by atoms with E-state index in [1.807, 2.05) is 32.4 Å². The predicted molar refractivity (Wildman–Crippen MR) is 91.1 cm³/mol.